The minimum Gasteiger partial charge on any atom is -0.379 e. The summed E-state index contributed by atoms with van der Waals surface area (Å²) in [5, 5.41) is 8.79. The van der Waals surface area contributed by atoms with E-state index in [2.05, 4.69) is 29.8 Å². The van der Waals surface area contributed by atoms with Gasteiger partial charge in [-0.1, -0.05) is 77.8 Å². The Hall–Kier alpha value is -3.02. The van der Waals surface area contributed by atoms with Crippen LogP contribution in [0.4, 0.5) is 0 Å². The number of carbonyl (C=O) groups is 4. The van der Waals surface area contributed by atoms with E-state index in [0.717, 1.165) is 31.2 Å². The Morgan fingerprint density at radius 2 is 1.66 bits per heavy atom. The van der Waals surface area contributed by atoms with Gasteiger partial charge in [-0.25, -0.2) is 0 Å². The molecule has 266 valence electrons. The molecule has 1 saturated heterocycles. The molecule has 11 nitrogen and oxygen atoms in total. The van der Waals surface area contributed by atoms with E-state index >= 15 is 0 Å². The minimum absolute atomic E-state index is 0.0213. The molecule has 0 saturated carbocycles. The second-order valence-corrected chi connectivity index (χ2v) is 13.1. The van der Waals surface area contributed by atoms with E-state index in [0.29, 0.717) is 19.5 Å². The van der Waals surface area contributed by atoms with Gasteiger partial charge < -0.3 is 35.2 Å². The molecule has 0 spiro atoms. The predicted molar refractivity (Wildman–Crippen MR) is 185 cm³/mol. The molecule has 1 aliphatic rings. The van der Waals surface area contributed by atoms with Crippen LogP contribution in [-0.2, 0) is 35.1 Å². The van der Waals surface area contributed by atoms with E-state index < -0.39 is 30.2 Å². The van der Waals surface area contributed by atoms with Crippen molar-refractivity contribution < 1.29 is 28.7 Å². The number of methoxy groups -OCH3 is 2. The van der Waals surface area contributed by atoms with Crippen molar-refractivity contribution in [3.05, 3.63) is 35.9 Å². The summed E-state index contributed by atoms with van der Waals surface area (Å²) < 4.78 is 11.9. The summed E-state index contributed by atoms with van der Waals surface area (Å²) in [5.74, 6) is -1.16. The van der Waals surface area contributed by atoms with Crippen LogP contribution in [0, 0.1) is 17.8 Å². The third-order valence-electron chi connectivity index (χ3n) is 9.95. The van der Waals surface area contributed by atoms with Crippen LogP contribution in [0.3, 0.4) is 0 Å². The number of nitrogens with zero attached hydrogens (tertiary/aromatic N) is 2. The molecule has 1 aliphatic heterocycles. The number of benzene rings is 1. The van der Waals surface area contributed by atoms with Gasteiger partial charge in [-0.05, 0) is 43.7 Å². The SMILES string of the molecule is CCC(C)C(C(CC(=O)N1CCCC1C(OC)C(C)C(=O)NCCc1ccccc1)OC)N(C)C(=O)[C@@H](NC(=O)CNC)[C@@H](C)CC. The fourth-order valence-corrected chi connectivity index (χ4v) is 6.73. The average molecular weight is 660 g/mol. The van der Waals surface area contributed by atoms with Gasteiger partial charge in [0.2, 0.25) is 23.6 Å². The summed E-state index contributed by atoms with van der Waals surface area (Å²) in [6.45, 7) is 11.1. The standard InChI is InChI=1S/C36H61N5O6/c1-10-24(3)32(39-30(42)23-37-6)36(45)40(7)33(25(4)11-2)29(46-8)22-31(43)41-21-15-18-28(41)34(47-9)26(5)35(44)38-20-19-27-16-13-12-14-17-27/h12-14,16-17,24-26,28-29,32-34,37H,10-11,15,18-23H2,1-9H3,(H,38,44)(H,39,42)/t24-,25?,26?,28?,29?,32-,33?,34?/m0/s1. The van der Waals surface area contributed by atoms with Gasteiger partial charge in [-0.3, -0.25) is 19.2 Å². The lowest BCUT2D eigenvalue weighted by molar-refractivity contribution is -0.147. The Kier molecular flexibility index (Phi) is 17.4. The summed E-state index contributed by atoms with van der Waals surface area (Å²) in [6, 6.07) is 8.66. The average Bonchev–Trinajstić information content (AvgIpc) is 3.56. The summed E-state index contributed by atoms with van der Waals surface area (Å²) in [7, 11) is 6.61. The fraction of sp³-hybridized carbons (Fsp3) is 0.722. The van der Waals surface area contributed by atoms with Gasteiger partial charge >= 0.3 is 0 Å². The molecule has 8 atom stereocenters. The molecular weight excluding hydrogens is 598 g/mol. The van der Waals surface area contributed by atoms with Gasteiger partial charge in [0, 0.05) is 34.4 Å². The van der Waals surface area contributed by atoms with Crippen LogP contribution in [0.25, 0.3) is 0 Å². The Labute approximate surface area is 282 Å². The van der Waals surface area contributed by atoms with Crippen LogP contribution in [0.1, 0.15) is 72.3 Å². The molecular formula is C36H61N5O6. The van der Waals surface area contributed by atoms with E-state index in [1.54, 1.807) is 33.2 Å². The van der Waals surface area contributed by atoms with Crippen molar-refractivity contribution in [2.75, 3.05) is 47.9 Å². The molecule has 0 radical (unpaired) electrons. The fourth-order valence-electron chi connectivity index (χ4n) is 6.73. The van der Waals surface area contributed by atoms with E-state index in [1.807, 2.05) is 56.0 Å². The molecule has 47 heavy (non-hydrogen) atoms. The summed E-state index contributed by atoms with van der Waals surface area (Å²) in [4.78, 5) is 57.2. The predicted octanol–water partition coefficient (Wildman–Crippen LogP) is 3.02. The Balaban J connectivity index is 2.19. The first kappa shape index (κ1) is 40.2. The number of nitrogens with one attached hydrogen (secondary N) is 3. The number of likely N-dealkylation sites (N-methyl/N-ethyl adjacent to an activating group) is 2. The minimum atomic E-state index is -0.698. The van der Waals surface area contributed by atoms with Crippen LogP contribution in [0.2, 0.25) is 0 Å². The Morgan fingerprint density at radius 3 is 2.23 bits per heavy atom. The summed E-state index contributed by atoms with van der Waals surface area (Å²) in [5.41, 5.74) is 1.15. The Morgan fingerprint density at radius 1 is 1.00 bits per heavy atom. The molecule has 1 aromatic rings. The quantitative estimate of drug-likeness (QED) is 0.196. The van der Waals surface area contributed by atoms with Gasteiger partial charge in [0.05, 0.1) is 43.2 Å². The number of hydrogen-bond donors (Lipinski definition) is 3. The number of amides is 4. The number of ether oxygens (including phenoxy) is 2. The molecule has 4 amide bonds. The van der Waals surface area contributed by atoms with Crippen molar-refractivity contribution in [1.29, 1.82) is 0 Å². The topological polar surface area (TPSA) is 129 Å². The highest BCUT2D eigenvalue weighted by Crippen LogP contribution is 2.29. The van der Waals surface area contributed by atoms with Crippen LogP contribution < -0.4 is 16.0 Å². The largest absolute Gasteiger partial charge is 0.379 e. The summed E-state index contributed by atoms with van der Waals surface area (Å²) >= 11 is 0. The number of likely N-dealkylation sites (tertiary alicyclic amines) is 1. The number of hydrogen-bond acceptors (Lipinski definition) is 7. The van der Waals surface area contributed by atoms with Gasteiger partial charge in [-0.15, -0.1) is 0 Å². The monoisotopic (exact) mass is 659 g/mol. The van der Waals surface area contributed by atoms with Crippen molar-refractivity contribution in [3.8, 4) is 0 Å². The molecule has 1 fully saturated rings. The van der Waals surface area contributed by atoms with Gasteiger partial charge in [-0.2, -0.15) is 0 Å². The molecule has 1 aromatic carbocycles. The van der Waals surface area contributed by atoms with Gasteiger partial charge in [0.1, 0.15) is 6.04 Å². The van der Waals surface area contributed by atoms with E-state index in [4.69, 9.17) is 9.47 Å². The van der Waals surface area contributed by atoms with Crippen molar-refractivity contribution in [2.45, 2.75) is 103 Å². The highest BCUT2D eigenvalue weighted by molar-refractivity contribution is 5.89. The molecule has 11 heteroatoms. The first-order valence-electron chi connectivity index (χ1n) is 17.3. The third-order valence-corrected chi connectivity index (χ3v) is 9.95. The normalized spacial score (nSPS) is 19.2. The number of carbonyl (C=O) groups excluding carboxylic acids is 4. The first-order valence-corrected chi connectivity index (χ1v) is 17.3. The van der Waals surface area contributed by atoms with Gasteiger partial charge in [0.15, 0.2) is 0 Å². The van der Waals surface area contributed by atoms with Gasteiger partial charge in [0.25, 0.3) is 0 Å². The number of rotatable bonds is 20. The zero-order valence-corrected chi connectivity index (χ0v) is 30.2. The second kappa shape index (κ2) is 20.4. The third kappa shape index (κ3) is 11.3. The van der Waals surface area contributed by atoms with Crippen LogP contribution in [0.5, 0.6) is 0 Å². The molecule has 0 aliphatic carbocycles. The lowest BCUT2D eigenvalue weighted by Crippen LogP contribution is -2.58. The molecule has 2 rings (SSSR count). The van der Waals surface area contributed by atoms with Crippen LogP contribution >= 0.6 is 0 Å². The maximum Gasteiger partial charge on any atom is 0.245 e. The van der Waals surface area contributed by atoms with E-state index in [9.17, 15) is 19.2 Å². The van der Waals surface area contributed by atoms with Crippen molar-refractivity contribution in [2.24, 2.45) is 17.8 Å². The molecule has 6 unspecified atom stereocenters. The highest BCUT2D eigenvalue weighted by Gasteiger charge is 2.42. The molecule has 3 N–H and O–H groups in total. The Bertz CT molecular complexity index is 1120. The smallest absolute Gasteiger partial charge is 0.245 e. The van der Waals surface area contributed by atoms with Crippen molar-refractivity contribution in [3.63, 3.8) is 0 Å². The van der Waals surface area contributed by atoms with Crippen LogP contribution in [0.15, 0.2) is 30.3 Å². The highest BCUT2D eigenvalue weighted by atomic mass is 16.5. The maximum atomic E-state index is 14.0. The summed E-state index contributed by atoms with van der Waals surface area (Å²) in [6.07, 6.45) is 2.80. The first-order chi connectivity index (χ1) is 22.4. The maximum absolute atomic E-state index is 14.0. The second-order valence-electron chi connectivity index (χ2n) is 13.1. The lowest BCUT2D eigenvalue weighted by atomic mass is 9.89. The van der Waals surface area contributed by atoms with E-state index in [1.165, 1.54) is 0 Å². The van der Waals surface area contributed by atoms with Crippen molar-refractivity contribution in [1.82, 2.24) is 25.8 Å². The van der Waals surface area contributed by atoms with E-state index in [-0.39, 0.29) is 54.5 Å². The van der Waals surface area contributed by atoms with Crippen LogP contribution in [-0.4, -0.2) is 112 Å². The zero-order valence-electron chi connectivity index (χ0n) is 30.2. The zero-order chi connectivity index (χ0) is 35.1. The lowest BCUT2D eigenvalue weighted by Gasteiger charge is -2.41. The molecule has 0 aromatic heterocycles. The molecule has 0 bridgehead atoms. The van der Waals surface area contributed by atoms with Crippen molar-refractivity contribution >= 4 is 23.6 Å². The molecule has 1 heterocycles.